The molecule has 32 heavy (non-hydrogen) atoms. The van der Waals surface area contributed by atoms with Crippen LogP contribution in [0.25, 0.3) is 0 Å². The van der Waals surface area contributed by atoms with E-state index < -0.39 is 0 Å². The second kappa shape index (κ2) is 11.7. The number of aliphatic imine (C=N–C) groups is 2. The Kier molecular flexibility index (Phi) is 8.41. The SMILES string of the molecule is C1CCCC2N=C3C(=NC2CCC1)C1CCCCCCCC1C1CCCCCCCCC31. The van der Waals surface area contributed by atoms with Crippen LogP contribution < -0.4 is 0 Å². The van der Waals surface area contributed by atoms with Gasteiger partial charge in [-0.3, -0.25) is 9.98 Å². The van der Waals surface area contributed by atoms with E-state index in [1.807, 2.05) is 0 Å². The predicted octanol–water partition coefficient (Wildman–Crippen LogP) is 8.72. The van der Waals surface area contributed by atoms with E-state index in [-0.39, 0.29) is 0 Å². The lowest BCUT2D eigenvalue weighted by molar-refractivity contribution is 0.167. The van der Waals surface area contributed by atoms with Crippen LogP contribution in [0.5, 0.6) is 0 Å². The monoisotopic (exact) mass is 438 g/mol. The van der Waals surface area contributed by atoms with E-state index in [0.29, 0.717) is 12.1 Å². The standard InChI is InChI=1S/C30H50N2/c1-2-6-13-19-25-23(17-11-5-1)24-18-12-7-3-8-14-20-26(24)30-29(25)31-27-21-15-9-4-10-16-22-28(27)32-30/h23-28H,1-22H2. The van der Waals surface area contributed by atoms with E-state index in [2.05, 4.69) is 0 Å². The Bertz CT molecular complexity index is 649. The van der Waals surface area contributed by atoms with Crippen molar-refractivity contribution in [2.75, 3.05) is 0 Å². The summed E-state index contributed by atoms with van der Waals surface area (Å²) in [5, 5.41) is 0. The average Bonchev–Trinajstić information content (AvgIpc) is 3.01. The highest BCUT2D eigenvalue weighted by molar-refractivity contribution is 6.45. The first-order valence-electron chi connectivity index (χ1n) is 15.1. The summed E-state index contributed by atoms with van der Waals surface area (Å²) in [4.78, 5) is 11.5. The van der Waals surface area contributed by atoms with Crippen LogP contribution in [0.2, 0.25) is 0 Å². The molecule has 0 aromatic carbocycles. The molecule has 1 heterocycles. The summed E-state index contributed by atoms with van der Waals surface area (Å²) in [6.07, 6.45) is 31.4. The van der Waals surface area contributed by atoms with Crippen LogP contribution in [0.3, 0.4) is 0 Å². The maximum atomic E-state index is 5.73. The van der Waals surface area contributed by atoms with Crippen molar-refractivity contribution < 1.29 is 0 Å². The molecule has 2 nitrogen and oxygen atoms in total. The third-order valence-corrected chi connectivity index (χ3v) is 9.96. The Morgan fingerprint density at radius 3 is 1.06 bits per heavy atom. The van der Waals surface area contributed by atoms with E-state index in [1.54, 1.807) is 11.4 Å². The van der Waals surface area contributed by atoms with Gasteiger partial charge in [0, 0.05) is 11.8 Å². The minimum Gasteiger partial charge on any atom is -0.282 e. The highest BCUT2D eigenvalue weighted by Crippen LogP contribution is 2.48. The fourth-order valence-corrected chi connectivity index (χ4v) is 8.24. The molecule has 180 valence electrons. The van der Waals surface area contributed by atoms with Crippen molar-refractivity contribution in [1.82, 2.24) is 0 Å². The maximum Gasteiger partial charge on any atom is 0.0727 e. The summed E-state index contributed by atoms with van der Waals surface area (Å²) in [6, 6.07) is 1.02. The van der Waals surface area contributed by atoms with E-state index in [0.717, 1.165) is 23.7 Å². The molecule has 4 fully saturated rings. The zero-order valence-electron chi connectivity index (χ0n) is 20.9. The van der Waals surface area contributed by atoms with Crippen molar-refractivity contribution in [3.8, 4) is 0 Å². The molecule has 0 N–H and O–H groups in total. The molecule has 5 aliphatic rings. The highest BCUT2D eigenvalue weighted by atomic mass is 15.0. The van der Waals surface area contributed by atoms with Gasteiger partial charge in [-0.25, -0.2) is 0 Å². The van der Waals surface area contributed by atoms with E-state index >= 15 is 0 Å². The zero-order chi connectivity index (χ0) is 21.6. The van der Waals surface area contributed by atoms with Crippen molar-refractivity contribution in [2.45, 2.75) is 153 Å². The first-order chi connectivity index (χ1) is 15.9. The van der Waals surface area contributed by atoms with Gasteiger partial charge in [0.25, 0.3) is 0 Å². The molecular weight excluding hydrogens is 388 g/mol. The van der Waals surface area contributed by atoms with E-state index in [4.69, 9.17) is 9.98 Å². The molecule has 0 bridgehead atoms. The zero-order valence-corrected chi connectivity index (χ0v) is 20.9. The fourth-order valence-electron chi connectivity index (χ4n) is 8.24. The summed E-state index contributed by atoms with van der Waals surface area (Å²) in [7, 11) is 0. The summed E-state index contributed by atoms with van der Waals surface area (Å²) >= 11 is 0. The van der Waals surface area contributed by atoms with Gasteiger partial charge in [-0.05, 0) is 50.4 Å². The first kappa shape index (κ1) is 23.1. The van der Waals surface area contributed by atoms with Gasteiger partial charge in [-0.1, -0.05) is 103 Å². The van der Waals surface area contributed by atoms with Crippen LogP contribution >= 0.6 is 0 Å². The average molecular weight is 439 g/mol. The summed E-state index contributed by atoms with van der Waals surface area (Å²) in [5.41, 5.74) is 3.13. The van der Waals surface area contributed by atoms with Crippen LogP contribution in [0.1, 0.15) is 141 Å². The maximum absolute atomic E-state index is 5.73. The van der Waals surface area contributed by atoms with Crippen molar-refractivity contribution in [2.24, 2.45) is 33.7 Å². The minimum absolute atomic E-state index is 0.510. The lowest BCUT2D eigenvalue weighted by atomic mass is 9.59. The Hall–Kier alpha value is -0.660. The molecule has 5 rings (SSSR count). The van der Waals surface area contributed by atoms with Gasteiger partial charge in [-0.15, -0.1) is 0 Å². The molecule has 2 heteroatoms. The Morgan fingerprint density at radius 1 is 0.344 bits per heavy atom. The molecule has 0 spiro atoms. The van der Waals surface area contributed by atoms with Crippen molar-refractivity contribution in [3.63, 3.8) is 0 Å². The van der Waals surface area contributed by atoms with Crippen molar-refractivity contribution >= 4 is 11.4 Å². The molecule has 1 aliphatic heterocycles. The molecule has 6 unspecified atom stereocenters. The summed E-state index contributed by atoms with van der Waals surface area (Å²) < 4.78 is 0. The summed E-state index contributed by atoms with van der Waals surface area (Å²) in [6.45, 7) is 0. The number of nitrogens with zero attached hydrogens (tertiary/aromatic N) is 2. The lowest BCUT2D eigenvalue weighted by Crippen LogP contribution is -2.51. The highest BCUT2D eigenvalue weighted by Gasteiger charge is 2.47. The second-order valence-electron chi connectivity index (χ2n) is 12.1. The predicted molar refractivity (Wildman–Crippen MR) is 138 cm³/mol. The molecule has 0 amide bonds. The summed E-state index contributed by atoms with van der Waals surface area (Å²) in [5.74, 6) is 3.29. The van der Waals surface area contributed by atoms with Crippen LogP contribution in [-0.4, -0.2) is 23.5 Å². The van der Waals surface area contributed by atoms with Gasteiger partial charge >= 0.3 is 0 Å². The third-order valence-electron chi connectivity index (χ3n) is 9.96. The fraction of sp³-hybridized carbons (Fsp3) is 0.933. The van der Waals surface area contributed by atoms with Crippen molar-refractivity contribution in [3.05, 3.63) is 0 Å². The van der Waals surface area contributed by atoms with Gasteiger partial charge < -0.3 is 0 Å². The van der Waals surface area contributed by atoms with Crippen LogP contribution in [0.4, 0.5) is 0 Å². The molecule has 0 saturated heterocycles. The van der Waals surface area contributed by atoms with Gasteiger partial charge in [0.1, 0.15) is 0 Å². The van der Waals surface area contributed by atoms with Gasteiger partial charge in [0.05, 0.1) is 23.5 Å². The lowest BCUT2D eigenvalue weighted by Gasteiger charge is -2.48. The minimum atomic E-state index is 0.510. The quantitative estimate of drug-likeness (QED) is 0.361. The van der Waals surface area contributed by atoms with E-state index in [1.165, 1.54) is 141 Å². The molecule has 0 aromatic rings. The second-order valence-corrected chi connectivity index (χ2v) is 12.1. The molecular formula is C30H50N2. The van der Waals surface area contributed by atoms with Crippen LogP contribution in [-0.2, 0) is 0 Å². The van der Waals surface area contributed by atoms with Crippen LogP contribution in [0.15, 0.2) is 9.98 Å². The first-order valence-corrected chi connectivity index (χ1v) is 15.1. The van der Waals surface area contributed by atoms with Gasteiger partial charge in [0.15, 0.2) is 0 Å². The molecule has 6 atom stereocenters. The number of fused-ring (bicyclic) bond motifs is 7. The van der Waals surface area contributed by atoms with Gasteiger partial charge in [0.2, 0.25) is 0 Å². The Labute approximate surface area is 198 Å². The largest absolute Gasteiger partial charge is 0.282 e. The Balaban J connectivity index is 1.50. The number of hydrogen-bond acceptors (Lipinski definition) is 2. The molecule has 0 radical (unpaired) electrons. The third kappa shape index (κ3) is 5.35. The normalized spacial score (nSPS) is 40.0. The molecule has 4 saturated carbocycles. The van der Waals surface area contributed by atoms with E-state index in [9.17, 15) is 0 Å². The van der Waals surface area contributed by atoms with Crippen LogP contribution in [0, 0.1) is 23.7 Å². The topological polar surface area (TPSA) is 24.7 Å². The smallest absolute Gasteiger partial charge is 0.0727 e. The molecule has 0 aromatic heterocycles. The Morgan fingerprint density at radius 2 is 0.656 bits per heavy atom. The van der Waals surface area contributed by atoms with Crippen molar-refractivity contribution in [1.29, 1.82) is 0 Å². The number of hydrogen-bond donors (Lipinski definition) is 0. The molecule has 4 aliphatic carbocycles. The van der Waals surface area contributed by atoms with Gasteiger partial charge in [-0.2, -0.15) is 0 Å². The number of rotatable bonds is 0.